The van der Waals surface area contributed by atoms with Gasteiger partial charge in [0.15, 0.2) is 0 Å². The Morgan fingerprint density at radius 1 is 1.09 bits per heavy atom. The molecule has 8 unspecified atom stereocenters. The maximum atomic E-state index is 12.4. The van der Waals surface area contributed by atoms with Crippen LogP contribution in [0.25, 0.3) is 0 Å². The smallest absolute Gasteiger partial charge is 0.142 e. The Kier molecular flexibility index (Phi) is 7.15. The largest absolute Gasteiger partial charge is 0.504 e. The zero-order chi connectivity index (χ0) is 23.9. The summed E-state index contributed by atoms with van der Waals surface area (Å²) in [6, 6.07) is 0.575. The van der Waals surface area contributed by atoms with Crippen molar-refractivity contribution >= 4 is 6.29 Å². The summed E-state index contributed by atoms with van der Waals surface area (Å²) in [7, 11) is 3.82. The summed E-state index contributed by atoms with van der Waals surface area (Å²) in [5.74, 6) is 1.86. The SMILES string of the molecule is CO/C=C(\C=C/C=O)C1CCC2(O)C3CCC4CC(N(C)CCO)CCC4(C)C3CCC12C. The van der Waals surface area contributed by atoms with Gasteiger partial charge in [0, 0.05) is 18.0 Å². The summed E-state index contributed by atoms with van der Waals surface area (Å²) < 4.78 is 5.38. The molecule has 2 N–H and O–H groups in total. The van der Waals surface area contributed by atoms with Gasteiger partial charge in [0.1, 0.15) is 6.29 Å². The van der Waals surface area contributed by atoms with Crippen molar-refractivity contribution in [1.82, 2.24) is 4.90 Å². The fourth-order valence-electron chi connectivity index (χ4n) is 9.00. The number of methoxy groups -OCH3 is 1. The number of ether oxygens (including phenoxy) is 1. The van der Waals surface area contributed by atoms with Crippen LogP contribution in [0.5, 0.6) is 0 Å². The van der Waals surface area contributed by atoms with Gasteiger partial charge in [-0.05, 0) is 106 Å². The van der Waals surface area contributed by atoms with Crippen LogP contribution in [0.4, 0.5) is 0 Å². The first-order valence-electron chi connectivity index (χ1n) is 13.1. The zero-order valence-electron chi connectivity index (χ0n) is 21.1. The molecule has 0 aromatic rings. The summed E-state index contributed by atoms with van der Waals surface area (Å²) in [4.78, 5) is 13.3. The van der Waals surface area contributed by atoms with Crippen LogP contribution < -0.4 is 0 Å². The first kappa shape index (κ1) is 24.9. The summed E-state index contributed by atoms with van der Waals surface area (Å²) >= 11 is 0. The number of aliphatic hydroxyl groups excluding tert-OH is 1. The Hall–Kier alpha value is -1.17. The molecule has 0 radical (unpaired) electrons. The fourth-order valence-corrected chi connectivity index (χ4v) is 9.00. The normalized spacial score (nSPS) is 45.5. The highest BCUT2D eigenvalue weighted by Crippen LogP contribution is 2.69. The Labute approximate surface area is 200 Å². The van der Waals surface area contributed by atoms with Crippen molar-refractivity contribution in [3.05, 3.63) is 24.0 Å². The predicted molar refractivity (Wildman–Crippen MR) is 130 cm³/mol. The Morgan fingerprint density at radius 2 is 1.88 bits per heavy atom. The van der Waals surface area contributed by atoms with E-state index in [2.05, 4.69) is 25.8 Å². The third kappa shape index (κ3) is 3.92. The molecule has 4 rings (SSSR count). The molecule has 8 atom stereocenters. The first-order valence-corrected chi connectivity index (χ1v) is 13.1. The average Bonchev–Trinajstić information content (AvgIpc) is 3.07. The zero-order valence-corrected chi connectivity index (χ0v) is 21.1. The molecule has 4 saturated carbocycles. The minimum atomic E-state index is -0.652. The number of rotatable bonds is 7. The minimum Gasteiger partial charge on any atom is -0.504 e. The number of aldehydes is 1. The maximum Gasteiger partial charge on any atom is 0.142 e. The van der Waals surface area contributed by atoms with E-state index >= 15 is 0 Å². The van der Waals surface area contributed by atoms with Crippen molar-refractivity contribution in [1.29, 1.82) is 0 Å². The van der Waals surface area contributed by atoms with Crippen LogP contribution in [0.15, 0.2) is 24.0 Å². The lowest BCUT2D eigenvalue weighted by Gasteiger charge is -2.64. The van der Waals surface area contributed by atoms with Gasteiger partial charge in [-0.15, -0.1) is 0 Å². The summed E-state index contributed by atoms with van der Waals surface area (Å²) in [6.45, 7) is 5.82. The first-order chi connectivity index (χ1) is 15.7. The molecule has 0 aromatic carbocycles. The lowest BCUT2D eigenvalue weighted by molar-refractivity contribution is -0.206. The number of hydrogen-bond donors (Lipinski definition) is 2. The second-order valence-electron chi connectivity index (χ2n) is 11.9. The molecule has 0 saturated heterocycles. The molecule has 0 aliphatic heterocycles. The maximum absolute atomic E-state index is 12.4. The van der Waals surface area contributed by atoms with Gasteiger partial charge in [0.2, 0.25) is 0 Å². The minimum absolute atomic E-state index is 0.187. The molecular formula is C28H45NO4. The van der Waals surface area contributed by atoms with Gasteiger partial charge in [-0.25, -0.2) is 0 Å². The van der Waals surface area contributed by atoms with Crippen LogP contribution in [0.3, 0.4) is 0 Å². The molecule has 0 bridgehead atoms. The number of likely N-dealkylation sites (N-methyl/N-ethyl adjacent to an activating group) is 1. The standard InChI is InChI=1S/C28H45NO4/c1-26-12-9-22(29(3)15-17-31)18-21(26)7-8-25-24(26)10-13-27(2)23(11-14-28(25,27)32)20(19-33-4)6-5-16-30/h5-6,16,19,21-25,31-32H,7-15,17-18H2,1-4H3/b6-5-,20-19+. The van der Waals surface area contributed by atoms with E-state index in [1.165, 1.54) is 32.1 Å². The quantitative estimate of drug-likeness (QED) is 0.257. The topological polar surface area (TPSA) is 70.0 Å². The number of carbonyl (C=O) groups excluding carboxylic acids is 1. The number of hydrogen-bond acceptors (Lipinski definition) is 5. The van der Waals surface area contributed by atoms with Crippen molar-refractivity contribution < 1.29 is 19.7 Å². The Bertz CT molecular complexity index is 780. The number of allylic oxidation sites excluding steroid dienone is 3. The van der Waals surface area contributed by atoms with Gasteiger partial charge in [0.25, 0.3) is 0 Å². The van der Waals surface area contributed by atoms with E-state index in [0.29, 0.717) is 29.2 Å². The van der Waals surface area contributed by atoms with E-state index in [9.17, 15) is 15.0 Å². The van der Waals surface area contributed by atoms with E-state index < -0.39 is 5.60 Å². The average molecular weight is 460 g/mol. The van der Waals surface area contributed by atoms with Crippen molar-refractivity contribution in [2.45, 2.75) is 83.3 Å². The highest BCUT2D eigenvalue weighted by molar-refractivity contribution is 5.66. The lowest BCUT2D eigenvalue weighted by Crippen LogP contribution is -2.62. The van der Waals surface area contributed by atoms with E-state index in [-0.39, 0.29) is 17.9 Å². The molecule has 4 fully saturated rings. The monoisotopic (exact) mass is 459 g/mol. The molecule has 0 heterocycles. The molecule has 186 valence electrons. The van der Waals surface area contributed by atoms with Crippen LogP contribution in [-0.4, -0.2) is 60.4 Å². The van der Waals surface area contributed by atoms with Crippen LogP contribution in [-0.2, 0) is 9.53 Å². The number of aliphatic hydroxyl groups is 2. The Morgan fingerprint density at radius 3 is 2.58 bits per heavy atom. The van der Waals surface area contributed by atoms with Crippen LogP contribution in [0, 0.1) is 34.5 Å². The molecule has 4 aliphatic rings. The van der Waals surface area contributed by atoms with Crippen molar-refractivity contribution in [3.63, 3.8) is 0 Å². The van der Waals surface area contributed by atoms with E-state index in [0.717, 1.165) is 44.1 Å². The van der Waals surface area contributed by atoms with Crippen LogP contribution >= 0.6 is 0 Å². The molecule has 5 nitrogen and oxygen atoms in total. The predicted octanol–water partition coefficient (Wildman–Crippen LogP) is 4.34. The van der Waals surface area contributed by atoms with E-state index in [4.69, 9.17) is 4.74 Å². The lowest BCUT2D eigenvalue weighted by atomic mass is 9.43. The highest BCUT2D eigenvalue weighted by atomic mass is 16.5. The molecule has 0 spiro atoms. The van der Waals surface area contributed by atoms with Gasteiger partial charge >= 0.3 is 0 Å². The summed E-state index contributed by atoms with van der Waals surface area (Å²) in [5, 5.41) is 21.8. The number of carbonyl (C=O) groups is 1. The van der Waals surface area contributed by atoms with Crippen LogP contribution in [0.2, 0.25) is 0 Å². The second-order valence-corrected chi connectivity index (χ2v) is 11.9. The van der Waals surface area contributed by atoms with E-state index in [1.54, 1.807) is 19.4 Å². The van der Waals surface area contributed by atoms with Crippen molar-refractivity contribution in [3.8, 4) is 0 Å². The fraction of sp³-hybridized carbons (Fsp3) is 0.821. The molecule has 33 heavy (non-hydrogen) atoms. The van der Waals surface area contributed by atoms with Gasteiger partial charge in [-0.2, -0.15) is 0 Å². The third-order valence-corrected chi connectivity index (χ3v) is 10.9. The molecule has 5 heteroatoms. The molecular weight excluding hydrogens is 414 g/mol. The number of fused-ring (bicyclic) bond motifs is 5. The van der Waals surface area contributed by atoms with E-state index in [1.807, 2.05) is 6.08 Å². The van der Waals surface area contributed by atoms with Crippen LogP contribution in [0.1, 0.15) is 71.6 Å². The van der Waals surface area contributed by atoms with Crippen molar-refractivity contribution in [2.24, 2.45) is 34.5 Å². The highest BCUT2D eigenvalue weighted by Gasteiger charge is 2.67. The van der Waals surface area contributed by atoms with Gasteiger partial charge < -0.3 is 19.8 Å². The van der Waals surface area contributed by atoms with Gasteiger partial charge in [0.05, 0.1) is 25.6 Å². The third-order valence-electron chi connectivity index (χ3n) is 10.9. The molecule has 0 aromatic heterocycles. The second kappa shape index (κ2) is 9.47. The van der Waals surface area contributed by atoms with Gasteiger partial charge in [-0.3, -0.25) is 4.79 Å². The summed E-state index contributed by atoms with van der Waals surface area (Å²) in [6.07, 6.45) is 16.0. The van der Waals surface area contributed by atoms with Crippen molar-refractivity contribution in [2.75, 3.05) is 27.3 Å². The number of nitrogens with zero attached hydrogens (tertiary/aromatic N) is 1. The Balaban J connectivity index is 1.57. The molecule has 0 amide bonds. The summed E-state index contributed by atoms with van der Waals surface area (Å²) in [5.41, 5.74) is 0.500. The van der Waals surface area contributed by atoms with Gasteiger partial charge in [-0.1, -0.05) is 19.9 Å². The molecule has 4 aliphatic carbocycles.